The average Bonchev–Trinajstić information content (AvgIpc) is 2.17. The number of nitrogens with zero attached hydrogens (tertiary/aromatic N) is 3. The van der Waals surface area contributed by atoms with E-state index in [1.807, 2.05) is 6.07 Å². The number of hydrogen-bond acceptors (Lipinski definition) is 3. The van der Waals surface area contributed by atoms with Crippen LogP contribution in [0.15, 0.2) is 24.8 Å². The Kier molecular flexibility index (Phi) is 1.99. The minimum Gasteiger partial charge on any atom is -0.253 e. The van der Waals surface area contributed by atoms with Crippen molar-refractivity contribution in [2.24, 2.45) is 0 Å². The zero-order chi connectivity index (χ0) is 8.39. The molecule has 0 unspecified atom stereocenters. The Morgan fingerprint density at radius 2 is 2.25 bits per heavy atom. The van der Waals surface area contributed by atoms with Crippen LogP contribution in [0.3, 0.4) is 0 Å². The third-order valence-corrected chi connectivity index (χ3v) is 2.23. The smallest absolute Gasteiger partial charge is 0.116 e. The van der Waals surface area contributed by atoms with E-state index in [4.69, 9.17) is 0 Å². The summed E-state index contributed by atoms with van der Waals surface area (Å²) < 4.78 is 0. The van der Waals surface area contributed by atoms with Gasteiger partial charge in [0.2, 0.25) is 0 Å². The van der Waals surface area contributed by atoms with Crippen LogP contribution in [0.1, 0.15) is 5.56 Å². The highest BCUT2D eigenvalue weighted by molar-refractivity contribution is 9.08. The van der Waals surface area contributed by atoms with E-state index < -0.39 is 0 Å². The van der Waals surface area contributed by atoms with E-state index in [0.717, 1.165) is 21.9 Å². The van der Waals surface area contributed by atoms with Crippen molar-refractivity contribution in [1.82, 2.24) is 15.0 Å². The summed E-state index contributed by atoms with van der Waals surface area (Å²) >= 11 is 3.39. The topological polar surface area (TPSA) is 38.7 Å². The van der Waals surface area contributed by atoms with Crippen molar-refractivity contribution >= 4 is 27.0 Å². The van der Waals surface area contributed by atoms with Crippen LogP contribution in [-0.4, -0.2) is 15.0 Å². The lowest BCUT2D eigenvalue weighted by Gasteiger charge is -1.98. The fourth-order valence-corrected chi connectivity index (χ4v) is 1.51. The molecule has 0 aliphatic heterocycles. The van der Waals surface area contributed by atoms with Crippen molar-refractivity contribution in [3.63, 3.8) is 0 Å². The monoisotopic (exact) mass is 223 g/mol. The minimum atomic E-state index is 0.795. The number of rotatable bonds is 1. The van der Waals surface area contributed by atoms with Gasteiger partial charge >= 0.3 is 0 Å². The molecule has 0 spiro atoms. The number of fused-ring (bicyclic) bond motifs is 1. The molecule has 12 heavy (non-hydrogen) atoms. The average molecular weight is 224 g/mol. The Bertz CT molecular complexity index is 397. The number of alkyl halides is 1. The summed E-state index contributed by atoms with van der Waals surface area (Å²) in [6.45, 7) is 0. The number of hydrogen-bond donors (Lipinski definition) is 0. The van der Waals surface area contributed by atoms with E-state index in [1.54, 1.807) is 12.4 Å². The zero-order valence-corrected chi connectivity index (χ0v) is 7.82. The van der Waals surface area contributed by atoms with Crippen LogP contribution in [0.5, 0.6) is 0 Å². The molecule has 0 saturated heterocycles. The van der Waals surface area contributed by atoms with Crippen LogP contribution in [0.2, 0.25) is 0 Å². The zero-order valence-electron chi connectivity index (χ0n) is 6.24. The number of pyridine rings is 1. The molecule has 0 saturated carbocycles. The molecule has 2 rings (SSSR count). The molecule has 0 atom stereocenters. The quantitative estimate of drug-likeness (QED) is 0.694. The SMILES string of the molecule is BrCc1ccnc2cncnc12. The van der Waals surface area contributed by atoms with Gasteiger partial charge in [0, 0.05) is 11.5 Å². The molecule has 2 heterocycles. The van der Waals surface area contributed by atoms with Gasteiger partial charge in [-0.05, 0) is 11.6 Å². The Morgan fingerprint density at radius 3 is 3.08 bits per heavy atom. The standard InChI is InChI=1S/C8H6BrN3/c9-3-6-1-2-11-7-4-10-5-12-8(6)7/h1-2,4-5H,3H2. The molecular formula is C8H6BrN3. The second-order valence-corrected chi connectivity index (χ2v) is 2.92. The second kappa shape index (κ2) is 3.15. The van der Waals surface area contributed by atoms with E-state index in [-0.39, 0.29) is 0 Å². The maximum atomic E-state index is 4.15. The first-order valence-corrected chi connectivity index (χ1v) is 4.63. The molecular weight excluding hydrogens is 218 g/mol. The molecule has 3 nitrogen and oxygen atoms in total. The summed E-state index contributed by atoms with van der Waals surface area (Å²) in [6.07, 6.45) is 5.02. The van der Waals surface area contributed by atoms with Crippen molar-refractivity contribution in [3.05, 3.63) is 30.4 Å². The largest absolute Gasteiger partial charge is 0.253 e. The highest BCUT2D eigenvalue weighted by atomic mass is 79.9. The molecule has 0 radical (unpaired) electrons. The molecule has 0 aromatic carbocycles. The molecule has 0 fully saturated rings. The van der Waals surface area contributed by atoms with Gasteiger partial charge in [-0.3, -0.25) is 4.98 Å². The summed E-state index contributed by atoms with van der Waals surface area (Å²) in [4.78, 5) is 12.2. The Hall–Kier alpha value is -1.03. The van der Waals surface area contributed by atoms with Gasteiger partial charge in [0.25, 0.3) is 0 Å². The number of aromatic nitrogens is 3. The molecule has 0 bridgehead atoms. The molecule has 60 valence electrons. The first-order valence-electron chi connectivity index (χ1n) is 3.51. The van der Waals surface area contributed by atoms with Crippen LogP contribution < -0.4 is 0 Å². The van der Waals surface area contributed by atoms with Gasteiger partial charge in [0.05, 0.1) is 11.7 Å². The maximum Gasteiger partial charge on any atom is 0.116 e. The van der Waals surface area contributed by atoms with Crippen LogP contribution in [0.25, 0.3) is 11.0 Å². The van der Waals surface area contributed by atoms with E-state index in [9.17, 15) is 0 Å². The van der Waals surface area contributed by atoms with Gasteiger partial charge in [-0.15, -0.1) is 0 Å². The Balaban J connectivity index is 2.79. The van der Waals surface area contributed by atoms with Crippen molar-refractivity contribution in [2.75, 3.05) is 0 Å². The highest BCUT2D eigenvalue weighted by Gasteiger charge is 1.99. The van der Waals surface area contributed by atoms with Crippen molar-refractivity contribution in [2.45, 2.75) is 5.33 Å². The van der Waals surface area contributed by atoms with Crippen LogP contribution in [0, 0.1) is 0 Å². The lowest BCUT2D eigenvalue weighted by atomic mass is 10.2. The van der Waals surface area contributed by atoms with Crippen LogP contribution >= 0.6 is 15.9 Å². The molecule has 4 heteroatoms. The first-order chi connectivity index (χ1) is 5.92. The van der Waals surface area contributed by atoms with Crippen molar-refractivity contribution in [3.8, 4) is 0 Å². The lowest BCUT2D eigenvalue weighted by Crippen LogP contribution is -1.88. The highest BCUT2D eigenvalue weighted by Crippen LogP contribution is 2.14. The predicted molar refractivity (Wildman–Crippen MR) is 50.0 cm³/mol. The second-order valence-electron chi connectivity index (χ2n) is 2.36. The Labute approximate surface area is 78.0 Å². The Morgan fingerprint density at radius 1 is 1.33 bits per heavy atom. The summed E-state index contributed by atoms with van der Waals surface area (Å²) in [5.41, 5.74) is 2.90. The maximum absolute atomic E-state index is 4.15. The first kappa shape index (κ1) is 7.61. The van der Waals surface area contributed by atoms with Gasteiger partial charge in [-0.1, -0.05) is 15.9 Å². The summed E-state index contributed by atoms with van der Waals surface area (Å²) in [7, 11) is 0. The summed E-state index contributed by atoms with van der Waals surface area (Å²) in [6, 6.07) is 1.95. The van der Waals surface area contributed by atoms with Crippen LogP contribution in [0.4, 0.5) is 0 Å². The number of halogens is 1. The van der Waals surface area contributed by atoms with Gasteiger partial charge in [0.1, 0.15) is 11.8 Å². The third kappa shape index (κ3) is 1.18. The van der Waals surface area contributed by atoms with E-state index in [2.05, 4.69) is 30.9 Å². The molecule has 0 aliphatic rings. The summed E-state index contributed by atoms with van der Waals surface area (Å²) in [5, 5.41) is 0.795. The third-order valence-electron chi connectivity index (χ3n) is 1.63. The van der Waals surface area contributed by atoms with Crippen molar-refractivity contribution in [1.29, 1.82) is 0 Å². The lowest BCUT2D eigenvalue weighted by molar-refractivity contribution is 1.18. The molecule has 0 N–H and O–H groups in total. The van der Waals surface area contributed by atoms with E-state index >= 15 is 0 Å². The van der Waals surface area contributed by atoms with Gasteiger partial charge in [-0.25, -0.2) is 9.97 Å². The van der Waals surface area contributed by atoms with Gasteiger partial charge < -0.3 is 0 Å². The molecule has 2 aromatic rings. The normalized spacial score (nSPS) is 10.4. The molecule has 2 aromatic heterocycles. The molecule has 0 amide bonds. The van der Waals surface area contributed by atoms with E-state index in [0.29, 0.717) is 0 Å². The summed E-state index contributed by atoms with van der Waals surface area (Å²) in [5.74, 6) is 0. The fourth-order valence-electron chi connectivity index (χ4n) is 1.06. The van der Waals surface area contributed by atoms with Gasteiger partial charge in [-0.2, -0.15) is 0 Å². The fraction of sp³-hybridized carbons (Fsp3) is 0.125. The molecule has 0 aliphatic carbocycles. The predicted octanol–water partition coefficient (Wildman–Crippen LogP) is 1.92. The van der Waals surface area contributed by atoms with E-state index in [1.165, 1.54) is 6.33 Å². The van der Waals surface area contributed by atoms with Crippen molar-refractivity contribution < 1.29 is 0 Å². The van der Waals surface area contributed by atoms with Crippen LogP contribution in [-0.2, 0) is 5.33 Å². The van der Waals surface area contributed by atoms with Gasteiger partial charge in [0.15, 0.2) is 0 Å². The minimum absolute atomic E-state index is 0.795.